The molecule has 1 aromatic heterocycles. The molecule has 0 saturated carbocycles. The minimum absolute atomic E-state index is 0.135. The Hall–Kier alpha value is -2.70. The van der Waals surface area contributed by atoms with Crippen molar-refractivity contribution in [3.05, 3.63) is 42.1 Å². The van der Waals surface area contributed by atoms with Gasteiger partial charge in [0.25, 0.3) is 5.91 Å². The van der Waals surface area contributed by atoms with Gasteiger partial charge in [-0.15, -0.1) is 0 Å². The summed E-state index contributed by atoms with van der Waals surface area (Å²) in [5.74, 6) is -0.388. The number of carbonyl (C=O) groups is 1. The van der Waals surface area contributed by atoms with Gasteiger partial charge in [-0.25, -0.2) is 9.37 Å². The molecule has 1 amide bonds. The first-order chi connectivity index (χ1) is 10.1. The Morgan fingerprint density at radius 2 is 2.19 bits per heavy atom. The first-order valence-electron chi connectivity index (χ1n) is 6.37. The van der Waals surface area contributed by atoms with Crippen LogP contribution in [0.3, 0.4) is 0 Å². The topological polar surface area (TPSA) is 76.1 Å². The van der Waals surface area contributed by atoms with Gasteiger partial charge in [0.2, 0.25) is 0 Å². The third kappa shape index (κ3) is 3.65. The first-order valence-corrected chi connectivity index (χ1v) is 6.37. The number of halogens is 1. The van der Waals surface area contributed by atoms with Crippen LogP contribution in [0.4, 0.5) is 15.9 Å². The Bertz CT molecular complexity index is 649. The summed E-state index contributed by atoms with van der Waals surface area (Å²) in [6.07, 6.45) is 2.83. The summed E-state index contributed by atoms with van der Waals surface area (Å²) < 4.78 is 18.8. The summed E-state index contributed by atoms with van der Waals surface area (Å²) in [5.41, 5.74) is 0.453. The van der Waals surface area contributed by atoms with E-state index in [0.29, 0.717) is 18.1 Å². The van der Waals surface area contributed by atoms with Crippen LogP contribution in [0, 0.1) is 5.82 Å². The number of aromatic nitrogens is 2. The molecule has 2 N–H and O–H groups in total. The maximum Gasteiger partial charge on any atom is 0.275 e. The van der Waals surface area contributed by atoms with Gasteiger partial charge in [0.15, 0.2) is 11.6 Å². The number of benzene rings is 1. The number of carbonyl (C=O) groups excluding carboxylic acids is 1. The van der Waals surface area contributed by atoms with Gasteiger partial charge in [0.1, 0.15) is 11.5 Å². The summed E-state index contributed by atoms with van der Waals surface area (Å²) in [6, 6.07) is 4.21. The quantitative estimate of drug-likeness (QED) is 0.883. The van der Waals surface area contributed by atoms with Crippen LogP contribution >= 0.6 is 0 Å². The maximum atomic E-state index is 13.7. The van der Waals surface area contributed by atoms with Crippen molar-refractivity contribution in [3.8, 4) is 5.75 Å². The first kappa shape index (κ1) is 14.7. The fourth-order valence-corrected chi connectivity index (χ4v) is 1.64. The molecule has 0 aliphatic heterocycles. The number of hydrogen-bond acceptors (Lipinski definition) is 5. The molecule has 0 atom stereocenters. The molecule has 0 aliphatic carbocycles. The van der Waals surface area contributed by atoms with Crippen molar-refractivity contribution < 1.29 is 13.9 Å². The second kappa shape index (κ2) is 6.65. The van der Waals surface area contributed by atoms with Crippen molar-refractivity contribution in [2.24, 2.45) is 0 Å². The van der Waals surface area contributed by atoms with Crippen LogP contribution in [0.15, 0.2) is 30.6 Å². The van der Waals surface area contributed by atoms with Crippen molar-refractivity contribution in [1.29, 1.82) is 0 Å². The maximum absolute atomic E-state index is 13.7. The fraction of sp³-hybridized carbons (Fsp3) is 0.214. The molecule has 0 saturated heterocycles. The summed E-state index contributed by atoms with van der Waals surface area (Å²) >= 11 is 0. The number of nitrogens with one attached hydrogen (secondary N) is 2. The van der Waals surface area contributed by atoms with Crippen LogP contribution in [0.5, 0.6) is 5.75 Å². The van der Waals surface area contributed by atoms with Gasteiger partial charge in [-0.05, 0) is 19.1 Å². The van der Waals surface area contributed by atoms with Crippen molar-refractivity contribution in [1.82, 2.24) is 9.97 Å². The van der Waals surface area contributed by atoms with E-state index in [1.54, 1.807) is 20.0 Å². The van der Waals surface area contributed by atoms with Gasteiger partial charge in [0, 0.05) is 18.8 Å². The molecule has 0 radical (unpaired) electrons. The molecule has 0 fully saturated rings. The molecule has 110 valence electrons. The predicted octanol–water partition coefficient (Wildman–Crippen LogP) is 2.31. The lowest BCUT2D eigenvalue weighted by Crippen LogP contribution is -2.15. The average Bonchev–Trinajstić information content (AvgIpc) is 2.50. The standard InChI is InChI=1S/C14H15FN4O2/c1-3-21-12-5-4-9(6-10(12)15)18-14(20)11-7-17-8-13(16-2)19-11/h4-8H,3H2,1-2H3,(H,16,19)(H,18,20). The van der Waals surface area contributed by atoms with Gasteiger partial charge in [-0.2, -0.15) is 0 Å². The summed E-state index contributed by atoms with van der Waals surface area (Å²) in [6.45, 7) is 2.14. The predicted molar refractivity (Wildman–Crippen MR) is 77.1 cm³/mol. The lowest BCUT2D eigenvalue weighted by atomic mass is 10.2. The highest BCUT2D eigenvalue weighted by atomic mass is 19.1. The molecular weight excluding hydrogens is 275 g/mol. The third-order valence-electron chi connectivity index (χ3n) is 2.61. The van der Waals surface area contributed by atoms with E-state index in [0.717, 1.165) is 0 Å². The van der Waals surface area contributed by atoms with Crippen molar-refractivity contribution in [2.45, 2.75) is 6.92 Å². The second-order valence-electron chi connectivity index (χ2n) is 4.07. The van der Waals surface area contributed by atoms with Crippen LogP contribution in [0.2, 0.25) is 0 Å². The molecule has 0 spiro atoms. The smallest absolute Gasteiger partial charge is 0.275 e. The number of rotatable bonds is 5. The average molecular weight is 290 g/mol. The van der Waals surface area contributed by atoms with Crippen LogP contribution in [0.1, 0.15) is 17.4 Å². The Morgan fingerprint density at radius 1 is 1.38 bits per heavy atom. The number of ether oxygens (including phenoxy) is 1. The van der Waals surface area contributed by atoms with Crippen molar-refractivity contribution in [2.75, 3.05) is 24.3 Å². The highest BCUT2D eigenvalue weighted by molar-refractivity contribution is 6.02. The van der Waals surface area contributed by atoms with E-state index in [1.165, 1.54) is 24.5 Å². The molecule has 21 heavy (non-hydrogen) atoms. The highest BCUT2D eigenvalue weighted by Crippen LogP contribution is 2.21. The van der Waals surface area contributed by atoms with E-state index in [9.17, 15) is 9.18 Å². The Balaban J connectivity index is 2.13. The molecule has 6 nitrogen and oxygen atoms in total. The van der Waals surface area contributed by atoms with E-state index in [-0.39, 0.29) is 11.4 Å². The van der Waals surface area contributed by atoms with E-state index < -0.39 is 11.7 Å². The van der Waals surface area contributed by atoms with Gasteiger partial charge in [-0.3, -0.25) is 9.78 Å². The van der Waals surface area contributed by atoms with Crippen LogP contribution in [-0.4, -0.2) is 29.5 Å². The number of anilines is 2. The normalized spacial score (nSPS) is 10.0. The lowest BCUT2D eigenvalue weighted by molar-refractivity contribution is 0.102. The minimum atomic E-state index is -0.537. The van der Waals surface area contributed by atoms with Crippen LogP contribution in [0.25, 0.3) is 0 Å². The zero-order valence-corrected chi connectivity index (χ0v) is 11.7. The van der Waals surface area contributed by atoms with E-state index in [1.807, 2.05) is 0 Å². The molecular formula is C14H15FN4O2. The van der Waals surface area contributed by atoms with E-state index in [4.69, 9.17) is 4.74 Å². The summed E-state index contributed by atoms with van der Waals surface area (Å²) in [4.78, 5) is 20.0. The minimum Gasteiger partial charge on any atom is -0.491 e. The lowest BCUT2D eigenvalue weighted by Gasteiger charge is -2.08. The molecule has 7 heteroatoms. The van der Waals surface area contributed by atoms with E-state index >= 15 is 0 Å². The molecule has 2 rings (SSSR count). The zero-order valence-electron chi connectivity index (χ0n) is 11.7. The summed E-state index contributed by atoms with van der Waals surface area (Å²) in [7, 11) is 1.67. The zero-order chi connectivity index (χ0) is 15.2. The van der Waals surface area contributed by atoms with Gasteiger partial charge >= 0.3 is 0 Å². The fourth-order valence-electron chi connectivity index (χ4n) is 1.64. The van der Waals surface area contributed by atoms with Gasteiger partial charge in [0.05, 0.1) is 19.0 Å². The monoisotopic (exact) mass is 290 g/mol. The van der Waals surface area contributed by atoms with Crippen molar-refractivity contribution >= 4 is 17.4 Å². The molecule has 0 aliphatic rings. The number of amides is 1. The molecule has 1 heterocycles. The van der Waals surface area contributed by atoms with Gasteiger partial charge in [-0.1, -0.05) is 0 Å². The van der Waals surface area contributed by atoms with E-state index in [2.05, 4.69) is 20.6 Å². The van der Waals surface area contributed by atoms with Crippen LogP contribution < -0.4 is 15.4 Å². The SMILES string of the molecule is CCOc1ccc(NC(=O)c2cncc(NC)n2)cc1F. The molecule has 0 unspecified atom stereocenters. The Labute approximate surface area is 121 Å². The van der Waals surface area contributed by atoms with Crippen LogP contribution in [-0.2, 0) is 0 Å². The number of nitrogens with zero attached hydrogens (tertiary/aromatic N) is 2. The molecule has 0 bridgehead atoms. The molecule has 1 aromatic carbocycles. The number of hydrogen-bond donors (Lipinski definition) is 2. The highest BCUT2D eigenvalue weighted by Gasteiger charge is 2.11. The Morgan fingerprint density at radius 3 is 2.86 bits per heavy atom. The second-order valence-corrected chi connectivity index (χ2v) is 4.07. The Kier molecular flexibility index (Phi) is 4.65. The van der Waals surface area contributed by atoms with Gasteiger partial charge < -0.3 is 15.4 Å². The third-order valence-corrected chi connectivity index (χ3v) is 2.61. The molecule has 2 aromatic rings. The largest absolute Gasteiger partial charge is 0.491 e. The summed E-state index contributed by atoms with van der Waals surface area (Å²) in [5, 5.41) is 5.34. The van der Waals surface area contributed by atoms with Crippen molar-refractivity contribution in [3.63, 3.8) is 0 Å².